The molecule has 4 aromatic rings. The fraction of sp³-hybridized carbons (Fsp3) is 0.200. The van der Waals surface area contributed by atoms with Crippen molar-refractivity contribution in [3.63, 3.8) is 0 Å². The van der Waals surface area contributed by atoms with Crippen LogP contribution in [0.25, 0.3) is 22.4 Å². The number of benzene rings is 2. The van der Waals surface area contributed by atoms with Crippen molar-refractivity contribution in [2.45, 2.75) is 20.0 Å². The van der Waals surface area contributed by atoms with Gasteiger partial charge in [-0.3, -0.25) is 14.6 Å². The third-order valence-electron chi connectivity index (χ3n) is 5.18. The average Bonchev–Trinajstić information content (AvgIpc) is 3.22. The molecule has 4 rings (SSSR count). The van der Waals surface area contributed by atoms with E-state index in [-0.39, 0.29) is 18.4 Å². The first-order valence-electron chi connectivity index (χ1n) is 10.7. The van der Waals surface area contributed by atoms with Gasteiger partial charge in [-0.2, -0.15) is 0 Å². The third kappa shape index (κ3) is 4.91. The van der Waals surface area contributed by atoms with E-state index in [0.29, 0.717) is 41.2 Å². The van der Waals surface area contributed by atoms with Crippen LogP contribution >= 0.6 is 0 Å². The molecule has 0 aliphatic rings. The summed E-state index contributed by atoms with van der Waals surface area (Å²) in [6.07, 6.45) is 3.44. The molecule has 8 nitrogen and oxygen atoms in total. The maximum absolute atomic E-state index is 13.3. The highest BCUT2D eigenvalue weighted by atomic mass is 16.5. The molecule has 2 N–H and O–H groups in total. The van der Waals surface area contributed by atoms with Crippen molar-refractivity contribution in [2.24, 2.45) is 0 Å². The van der Waals surface area contributed by atoms with Crippen LogP contribution in [0, 0.1) is 0 Å². The Labute approximate surface area is 191 Å². The van der Waals surface area contributed by atoms with Crippen molar-refractivity contribution in [2.75, 3.05) is 19.0 Å². The molecular formula is C25H25N5O3. The molecule has 0 unspecified atom stereocenters. The zero-order valence-electron chi connectivity index (χ0n) is 18.5. The predicted molar refractivity (Wildman–Crippen MR) is 127 cm³/mol. The number of hydrogen-bond donors (Lipinski definition) is 2. The smallest absolute Gasteiger partial charge is 0.253 e. The van der Waals surface area contributed by atoms with E-state index in [0.717, 1.165) is 11.1 Å². The number of methoxy groups -OCH3 is 1. The van der Waals surface area contributed by atoms with Gasteiger partial charge in [0.1, 0.15) is 12.4 Å². The first-order valence-corrected chi connectivity index (χ1v) is 10.7. The highest BCUT2D eigenvalue weighted by molar-refractivity contribution is 6.08. The minimum atomic E-state index is -0.310. The number of hydrogen-bond acceptors (Lipinski definition) is 5. The minimum Gasteiger partial charge on any atom is -0.375 e. The Hall–Kier alpha value is -4.04. The standard InChI is InChI=1S/C25H25N5O3/c1-3-30-23-20(25(32)27-14-17-8-5-4-6-9-17)12-19(28-22(31)16-33-2)13-21(23)29-24(30)18-10-7-11-26-15-18/h4-13,15H,3,14,16H2,1-2H3,(H,27,32)(H,28,31). The van der Waals surface area contributed by atoms with E-state index >= 15 is 0 Å². The van der Waals surface area contributed by atoms with Crippen LogP contribution < -0.4 is 10.6 Å². The Morgan fingerprint density at radius 2 is 1.91 bits per heavy atom. The Morgan fingerprint density at radius 3 is 2.61 bits per heavy atom. The molecule has 0 aliphatic carbocycles. The van der Waals surface area contributed by atoms with Crippen LogP contribution in [0.2, 0.25) is 0 Å². The molecule has 0 fully saturated rings. The van der Waals surface area contributed by atoms with Crippen LogP contribution in [-0.4, -0.2) is 40.1 Å². The van der Waals surface area contributed by atoms with Gasteiger partial charge in [-0.1, -0.05) is 30.3 Å². The highest BCUT2D eigenvalue weighted by Crippen LogP contribution is 2.30. The monoisotopic (exact) mass is 443 g/mol. The first-order chi connectivity index (χ1) is 16.1. The van der Waals surface area contributed by atoms with Crippen LogP contribution in [0.5, 0.6) is 0 Å². The molecule has 33 heavy (non-hydrogen) atoms. The second-order valence-electron chi connectivity index (χ2n) is 7.46. The van der Waals surface area contributed by atoms with E-state index < -0.39 is 0 Å². The topological polar surface area (TPSA) is 98.1 Å². The average molecular weight is 444 g/mol. The molecule has 168 valence electrons. The van der Waals surface area contributed by atoms with Gasteiger partial charge in [-0.15, -0.1) is 0 Å². The third-order valence-corrected chi connectivity index (χ3v) is 5.18. The Balaban J connectivity index is 1.79. The lowest BCUT2D eigenvalue weighted by Gasteiger charge is -2.12. The summed E-state index contributed by atoms with van der Waals surface area (Å²) in [5.41, 5.74) is 4.05. The lowest BCUT2D eigenvalue weighted by atomic mass is 10.1. The predicted octanol–water partition coefficient (Wildman–Crippen LogP) is 3.63. The second kappa shape index (κ2) is 10.1. The van der Waals surface area contributed by atoms with Gasteiger partial charge in [0.05, 0.1) is 16.6 Å². The fourth-order valence-corrected chi connectivity index (χ4v) is 3.74. The van der Waals surface area contributed by atoms with Crippen molar-refractivity contribution in [1.82, 2.24) is 19.9 Å². The van der Waals surface area contributed by atoms with Crippen molar-refractivity contribution in [3.8, 4) is 11.4 Å². The zero-order chi connectivity index (χ0) is 23.2. The molecule has 0 radical (unpaired) electrons. The Morgan fingerprint density at radius 1 is 1.09 bits per heavy atom. The zero-order valence-corrected chi connectivity index (χ0v) is 18.5. The van der Waals surface area contributed by atoms with E-state index in [1.807, 2.05) is 54.0 Å². The van der Waals surface area contributed by atoms with Crippen LogP contribution in [0.4, 0.5) is 5.69 Å². The number of amides is 2. The summed E-state index contributed by atoms with van der Waals surface area (Å²) < 4.78 is 6.90. The van der Waals surface area contributed by atoms with Gasteiger partial charge in [-0.25, -0.2) is 4.98 Å². The van der Waals surface area contributed by atoms with Gasteiger partial charge in [0.2, 0.25) is 5.91 Å². The van der Waals surface area contributed by atoms with Crippen LogP contribution in [0.15, 0.2) is 67.0 Å². The lowest BCUT2D eigenvalue weighted by Crippen LogP contribution is -2.24. The molecule has 2 amide bonds. The maximum atomic E-state index is 13.3. The van der Waals surface area contributed by atoms with E-state index in [4.69, 9.17) is 9.72 Å². The number of aromatic nitrogens is 3. The minimum absolute atomic E-state index is 0.0854. The first kappa shape index (κ1) is 22.2. The quantitative estimate of drug-likeness (QED) is 0.433. The molecule has 2 aromatic carbocycles. The molecular weight excluding hydrogens is 418 g/mol. The summed E-state index contributed by atoms with van der Waals surface area (Å²) >= 11 is 0. The number of aryl methyl sites for hydroxylation is 1. The molecule has 0 aliphatic heterocycles. The number of rotatable bonds is 8. The normalized spacial score (nSPS) is 10.8. The lowest BCUT2D eigenvalue weighted by molar-refractivity contribution is -0.119. The molecule has 0 bridgehead atoms. The fourth-order valence-electron chi connectivity index (χ4n) is 3.74. The van der Waals surface area contributed by atoms with E-state index in [1.165, 1.54) is 7.11 Å². The number of carbonyl (C=O) groups excluding carboxylic acids is 2. The summed E-state index contributed by atoms with van der Waals surface area (Å²) in [4.78, 5) is 34.4. The summed E-state index contributed by atoms with van der Waals surface area (Å²) in [5.74, 6) is 0.145. The molecule has 8 heteroatoms. The molecule has 2 heterocycles. The van der Waals surface area contributed by atoms with E-state index in [9.17, 15) is 9.59 Å². The number of imidazole rings is 1. The number of carbonyl (C=O) groups is 2. The van der Waals surface area contributed by atoms with Crippen molar-refractivity contribution < 1.29 is 14.3 Å². The number of nitrogens with one attached hydrogen (secondary N) is 2. The van der Waals surface area contributed by atoms with Crippen LogP contribution in [-0.2, 0) is 22.6 Å². The second-order valence-corrected chi connectivity index (χ2v) is 7.46. The number of nitrogens with zero attached hydrogens (tertiary/aromatic N) is 3. The van der Waals surface area contributed by atoms with Gasteiger partial charge >= 0.3 is 0 Å². The summed E-state index contributed by atoms with van der Waals surface area (Å²) in [6.45, 7) is 2.91. The van der Waals surface area contributed by atoms with E-state index in [1.54, 1.807) is 24.5 Å². The summed E-state index contributed by atoms with van der Waals surface area (Å²) in [6, 6.07) is 16.9. The summed E-state index contributed by atoms with van der Waals surface area (Å²) in [7, 11) is 1.45. The molecule has 2 aromatic heterocycles. The molecule has 0 spiro atoms. The largest absolute Gasteiger partial charge is 0.375 e. The molecule has 0 atom stereocenters. The number of anilines is 1. The van der Waals surface area contributed by atoms with Crippen molar-refractivity contribution >= 4 is 28.5 Å². The number of ether oxygens (including phenoxy) is 1. The molecule has 0 saturated heterocycles. The van der Waals surface area contributed by atoms with Gasteiger partial charge in [0, 0.05) is 43.8 Å². The Kier molecular flexibility index (Phi) is 6.75. The molecule has 0 saturated carbocycles. The Bertz CT molecular complexity index is 1270. The van der Waals surface area contributed by atoms with Crippen molar-refractivity contribution in [1.29, 1.82) is 0 Å². The van der Waals surface area contributed by atoms with E-state index in [2.05, 4.69) is 15.6 Å². The highest BCUT2D eigenvalue weighted by Gasteiger charge is 2.20. The summed E-state index contributed by atoms with van der Waals surface area (Å²) in [5, 5.41) is 5.77. The van der Waals surface area contributed by atoms with Crippen LogP contribution in [0.3, 0.4) is 0 Å². The maximum Gasteiger partial charge on any atom is 0.253 e. The number of fused-ring (bicyclic) bond motifs is 1. The van der Waals surface area contributed by atoms with Gasteiger partial charge in [0.25, 0.3) is 5.91 Å². The van der Waals surface area contributed by atoms with Gasteiger partial charge in [0.15, 0.2) is 0 Å². The van der Waals surface area contributed by atoms with Crippen molar-refractivity contribution in [3.05, 3.63) is 78.1 Å². The number of pyridine rings is 1. The van der Waals surface area contributed by atoms with Crippen LogP contribution in [0.1, 0.15) is 22.8 Å². The SMILES string of the molecule is CCn1c(-c2cccnc2)nc2cc(NC(=O)COC)cc(C(=O)NCc3ccccc3)c21. The van der Waals surface area contributed by atoms with Gasteiger partial charge in [-0.05, 0) is 36.8 Å². The van der Waals surface area contributed by atoms with Gasteiger partial charge < -0.3 is 19.9 Å².